The van der Waals surface area contributed by atoms with Crippen molar-refractivity contribution in [2.45, 2.75) is 51.1 Å². The summed E-state index contributed by atoms with van der Waals surface area (Å²) in [4.78, 5) is 27.9. The monoisotopic (exact) mass is 557 g/mol. The van der Waals surface area contributed by atoms with Crippen LogP contribution < -0.4 is 9.62 Å². The first-order valence-electron chi connectivity index (χ1n) is 12.7. The highest BCUT2D eigenvalue weighted by atomic mass is 32.2. The summed E-state index contributed by atoms with van der Waals surface area (Å²) < 4.78 is 55.5. The van der Waals surface area contributed by atoms with Gasteiger partial charge in [-0.05, 0) is 74.4 Å². The van der Waals surface area contributed by atoms with Crippen LogP contribution in [0.4, 0.5) is 14.5 Å². The number of amides is 2. The molecule has 0 saturated heterocycles. The Morgan fingerprint density at radius 1 is 0.897 bits per heavy atom. The van der Waals surface area contributed by atoms with Crippen LogP contribution in [0.3, 0.4) is 0 Å². The molecule has 0 radical (unpaired) electrons. The number of rotatable bonds is 12. The van der Waals surface area contributed by atoms with Crippen LogP contribution in [-0.2, 0) is 26.2 Å². The van der Waals surface area contributed by atoms with Crippen molar-refractivity contribution in [3.05, 3.63) is 95.6 Å². The predicted molar refractivity (Wildman–Crippen MR) is 146 cm³/mol. The Morgan fingerprint density at radius 2 is 1.46 bits per heavy atom. The molecule has 0 fully saturated rings. The summed E-state index contributed by atoms with van der Waals surface area (Å²) in [7, 11) is -4.24. The van der Waals surface area contributed by atoms with E-state index < -0.39 is 46.1 Å². The second kappa shape index (κ2) is 13.3. The molecule has 3 aromatic rings. The second-order valence-electron chi connectivity index (χ2n) is 9.27. The van der Waals surface area contributed by atoms with E-state index in [9.17, 15) is 26.8 Å². The van der Waals surface area contributed by atoms with Crippen LogP contribution in [0.25, 0.3) is 0 Å². The summed E-state index contributed by atoms with van der Waals surface area (Å²) in [5.74, 6) is -2.06. The number of benzene rings is 3. The fourth-order valence-electron chi connectivity index (χ4n) is 3.88. The van der Waals surface area contributed by atoms with Crippen LogP contribution in [0.1, 0.15) is 37.8 Å². The van der Waals surface area contributed by atoms with Crippen molar-refractivity contribution >= 4 is 27.5 Å². The summed E-state index contributed by atoms with van der Waals surface area (Å²) in [6.45, 7) is 5.09. The number of carbonyl (C=O) groups is 2. The summed E-state index contributed by atoms with van der Waals surface area (Å²) in [6, 6.07) is 15.5. The van der Waals surface area contributed by atoms with Crippen molar-refractivity contribution in [3.63, 3.8) is 0 Å². The van der Waals surface area contributed by atoms with Crippen molar-refractivity contribution in [1.82, 2.24) is 10.2 Å². The van der Waals surface area contributed by atoms with Gasteiger partial charge < -0.3 is 10.2 Å². The molecule has 7 nitrogen and oxygen atoms in total. The van der Waals surface area contributed by atoms with Crippen molar-refractivity contribution in [3.8, 4) is 0 Å². The predicted octanol–water partition coefficient (Wildman–Crippen LogP) is 4.80. The van der Waals surface area contributed by atoms with Crippen molar-refractivity contribution in [1.29, 1.82) is 0 Å². The molecule has 3 rings (SSSR count). The lowest BCUT2D eigenvalue weighted by Crippen LogP contribution is -2.51. The molecule has 1 atom stereocenters. The highest BCUT2D eigenvalue weighted by Gasteiger charge is 2.32. The molecule has 0 aliphatic heterocycles. The van der Waals surface area contributed by atoms with E-state index in [0.717, 1.165) is 34.8 Å². The van der Waals surface area contributed by atoms with E-state index in [2.05, 4.69) is 5.32 Å². The number of carbonyl (C=O) groups excluding carboxylic acids is 2. The molecule has 208 valence electrons. The van der Waals surface area contributed by atoms with E-state index in [4.69, 9.17) is 0 Å². The minimum absolute atomic E-state index is 0.0410. The fraction of sp³-hybridized carbons (Fsp3) is 0.310. The zero-order valence-corrected chi connectivity index (χ0v) is 23.0. The first-order valence-corrected chi connectivity index (χ1v) is 14.1. The smallest absolute Gasteiger partial charge is 0.264 e. The second-order valence-corrected chi connectivity index (χ2v) is 11.1. The van der Waals surface area contributed by atoms with Gasteiger partial charge in [-0.3, -0.25) is 13.9 Å². The summed E-state index contributed by atoms with van der Waals surface area (Å²) >= 11 is 0. The Morgan fingerprint density at radius 3 is 2.03 bits per heavy atom. The van der Waals surface area contributed by atoms with Crippen LogP contribution >= 0.6 is 0 Å². The zero-order chi connectivity index (χ0) is 28.6. The Kier molecular flexibility index (Phi) is 10.2. The number of hydrogen-bond donors (Lipinski definition) is 1. The molecule has 3 aromatic carbocycles. The van der Waals surface area contributed by atoms with Gasteiger partial charge >= 0.3 is 0 Å². The molecule has 10 heteroatoms. The number of nitrogens with zero attached hydrogens (tertiary/aromatic N) is 2. The molecule has 39 heavy (non-hydrogen) atoms. The van der Waals surface area contributed by atoms with Crippen LogP contribution in [-0.4, -0.2) is 44.3 Å². The first-order chi connectivity index (χ1) is 18.5. The van der Waals surface area contributed by atoms with E-state index >= 15 is 0 Å². The van der Waals surface area contributed by atoms with Gasteiger partial charge in [-0.25, -0.2) is 17.2 Å². The number of halogens is 2. The maximum absolute atomic E-state index is 13.8. The lowest BCUT2D eigenvalue weighted by Gasteiger charge is -2.32. The van der Waals surface area contributed by atoms with Gasteiger partial charge in [0.15, 0.2) is 0 Å². The number of hydrogen-bond acceptors (Lipinski definition) is 4. The van der Waals surface area contributed by atoms with E-state index in [1.807, 2.05) is 13.8 Å². The highest BCUT2D eigenvalue weighted by molar-refractivity contribution is 7.92. The third-order valence-electron chi connectivity index (χ3n) is 6.27. The topological polar surface area (TPSA) is 86.8 Å². The molecule has 0 heterocycles. The summed E-state index contributed by atoms with van der Waals surface area (Å²) in [5.41, 5.74) is 1.51. The molecule has 0 saturated carbocycles. The largest absolute Gasteiger partial charge is 0.354 e. The molecule has 0 aliphatic carbocycles. The van der Waals surface area contributed by atoms with Crippen molar-refractivity contribution in [2.75, 3.05) is 17.4 Å². The maximum Gasteiger partial charge on any atom is 0.264 e. The van der Waals surface area contributed by atoms with Gasteiger partial charge in [-0.15, -0.1) is 0 Å². The minimum Gasteiger partial charge on any atom is -0.354 e. The minimum atomic E-state index is -4.24. The average molecular weight is 558 g/mol. The number of aryl methyl sites for hydroxylation is 1. The molecule has 2 amide bonds. The van der Waals surface area contributed by atoms with E-state index in [-0.39, 0.29) is 17.1 Å². The van der Waals surface area contributed by atoms with Crippen LogP contribution in [0.15, 0.2) is 77.7 Å². The van der Waals surface area contributed by atoms with Crippen LogP contribution in [0.2, 0.25) is 0 Å². The molecule has 0 unspecified atom stereocenters. The number of anilines is 1. The Labute approximate surface area is 228 Å². The first kappa shape index (κ1) is 29.8. The summed E-state index contributed by atoms with van der Waals surface area (Å²) in [5, 5.41) is 2.80. The normalized spacial score (nSPS) is 12.0. The number of unbranched alkanes of at least 4 members (excludes halogenated alkanes) is 1. The molecular weight excluding hydrogens is 524 g/mol. The molecule has 0 aromatic heterocycles. The van der Waals surface area contributed by atoms with Gasteiger partial charge in [0.2, 0.25) is 11.8 Å². The standard InChI is InChI=1S/C29H33F2N3O4S/c1-4-5-18-32-29(36)22(3)33(19-23-8-10-24(30)11-9-23)28(35)20-34(26-14-12-25(31)13-15-26)39(37,38)27-16-6-21(2)7-17-27/h6-17,22H,4-5,18-20H2,1-3H3,(H,32,36)/t22-/m1/s1. The van der Waals surface area contributed by atoms with Crippen LogP contribution in [0.5, 0.6) is 0 Å². The van der Waals surface area contributed by atoms with E-state index in [1.165, 1.54) is 53.4 Å². The van der Waals surface area contributed by atoms with E-state index in [0.29, 0.717) is 12.1 Å². The zero-order valence-electron chi connectivity index (χ0n) is 22.2. The SMILES string of the molecule is CCCCNC(=O)[C@@H](C)N(Cc1ccc(F)cc1)C(=O)CN(c1ccc(F)cc1)S(=O)(=O)c1ccc(C)cc1. The van der Waals surface area contributed by atoms with Crippen molar-refractivity contribution < 1.29 is 26.8 Å². The molecule has 0 bridgehead atoms. The third-order valence-corrected chi connectivity index (χ3v) is 8.05. The number of sulfonamides is 1. The highest BCUT2D eigenvalue weighted by Crippen LogP contribution is 2.25. The third kappa shape index (κ3) is 7.86. The number of nitrogens with one attached hydrogen (secondary N) is 1. The van der Waals surface area contributed by atoms with Gasteiger partial charge in [0.05, 0.1) is 10.6 Å². The van der Waals surface area contributed by atoms with Gasteiger partial charge in [0, 0.05) is 13.1 Å². The lowest BCUT2D eigenvalue weighted by molar-refractivity contribution is -0.139. The van der Waals surface area contributed by atoms with E-state index in [1.54, 1.807) is 19.1 Å². The fourth-order valence-corrected chi connectivity index (χ4v) is 5.29. The van der Waals surface area contributed by atoms with Gasteiger partial charge in [0.25, 0.3) is 10.0 Å². The van der Waals surface area contributed by atoms with Gasteiger partial charge in [-0.1, -0.05) is 43.2 Å². The Bertz CT molecular complexity index is 1360. The average Bonchev–Trinajstić information content (AvgIpc) is 2.91. The molecule has 1 N–H and O–H groups in total. The Balaban J connectivity index is 1.98. The van der Waals surface area contributed by atoms with Crippen LogP contribution in [0, 0.1) is 18.6 Å². The van der Waals surface area contributed by atoms with Gasteiger partial charge in [-0.2, -0.15) is 0 Å². The Hall–Kier alpha value is -3.79. The molecular formula is C29H33F2N3O4S. The lowest BCUT2D eigenvalue weighted by atomic mass is 10.1. The quantitative estimate of drug-likeness (QED) is 0.324. The van der Waals surface area contributed by atoms with Crippen molar-refractivity contribution in [2.24, 2.45) is 0 Å². The molecule has 0 spiro atoms. The maximum atomic E-state index is 13.8. The molecule has 0 aliphatic rings. The van der Waals surface area contributed by atoms with Gasteiger partial charge in [0.1, 0.15) is 24.2 Å². The summed E-state index contributed by atoms with van der Waals surface area (Å²) in [6.07, 6.45) is 1.63.